The summed E-state index contributed by atoms with van der Waals surface area (Å²) in [6.07, 6.45) is 3.14. The standard InChI is InChI=1S/C16H14ClN3O3/c1-22-7-6-19-15(21)10-2-3-14-13(8-10)20-16(23-14)11-4-5-18-9-12(11)17/h2-5,8-9H,6-7H2,1H3,(H,19,21). The number of amides is 1. The lowest BCUT2D eigenvalue weighted by Crippen LogP contribution is -2.26. The van der Waals surface area contributed by atoms with E-state index in [4.69, 9.17) is 20.8 Å². The molecule has 0 aliphatic rings. The number of pyridine rings is 1. The monoisotopic (exact) mass is 331 g/mol. The van der Waals surface area contributed by atoms with Gasteiger partial charge in [0.2, 0.25) is 5.89 Å². The van der Waals surface area contributed by atoms with Crippen molar-refractivity contribution in [3.63, 3.8) is 0 Å². The van der Waals surface area contributed by atoms with Gasteiger partial charge in [-0.1, -0.05) is 11.6 Å². The largest absolute Gasteiger partial charge is 0.436 e. The van der Waals surface area contributed by atoms with E-state index in [-0.39, 0.29) is 5.91 Å². The van der Waals surface area contributed by atoms with E-state index < -0.39 is 0 Å². The van der Waals surface area contributed by atoms with E-state index >= 15 is 0 Å². The molecule has 0 aliphatic heterocycles. The van der Waals surface area contributed by atoms with Crippen LogP contribution in [0.3, 0.4) is 0 Å². The van der Waals surface area contributed by atoms with E-state index in [0.29, 0.717) is 46.3 Å². The van der Waals surface area contributed by atoms with Crippen LogP contribution in [0.1, 0.15) is 10.4 Å². The van der Waals surface area contributed by atoms with Gasteiger partial charge < -0.3 is 14.5 Å². The summed E-state index contributed by atoms with van der Waals surface area (Å²) in [5.41, 5.74) is 2.34. The topological polar surface area (TPSA) is 77.2 Å². The number of rotatable bonds is 5. The molecule has 118 valence electrons. The lowest BCUT2D eigenvalue weighted by molar-refractivity contribution is 0.0937. The Labute approximate surface area is 137 Å². The Balaban J connectivity index is 1.89. The highest BCUT2D eigenvalue weighted by molar-refractivity contribution is 6.33. The molecule has 0 fully saturated rings. The molecule has 3 rings (SSSR count). The Bertz CT molecular complexity index is 847. The number of halogens is 1. The number of fused-ring (bicyclic) bond motifs is 1. The zero-order valence-corrected chi connectivity index (χ0v) is 13.1. The lowest BCUT2D eigenvalue weighted by Gasteiger charge is -2.03. The molecule has 0 bridgehead atoms. The van der Waals surface area contributed by atoms with E-state index in [1.807, 2.05) is 0 Å². The molecule has 0 atom stereocenters. The van der Waals surface area contributed by atoms with Crippen LogP contribution in [-0.4, -0.2) is 36.1 Å². The molecule has 1 aromatic carbocycles. The van der Waals surface area contributed by atoms with Crippen molar-refractivity contribution in [1.29, 1.82) is 0 Å². The predicted molar refractivity (Wildman–Crippen MR) is 86.5 cm³/mol. The number of carbonyl (C=O) groups excluding carboxylic acids is 1. The molecule has 7 heteroatoms. The molecule has 0 unspecified atom stereocenters. The SMILES string of the molecule is COCCNC(=O)c1ccc2oc(-c3ccncc3Cl)nc2c1. The lowest BCUT2D eigenvalue weighted by atomic mass is 10.2. The van der Waals surface area contributed by atoms with Gasteiger partial charge in [0, 0.05) is 31.6 Å². The van der Waals surface area contributed by atoms with E-state index in [1.54, 1.807) is 37.6 Å². The van der Waals surface area contributed by atoms with Crippen LogP contribution < -0.4 is 5.32 Å². The smallest absolute Gasteiger partial charge is 0.251 e. The number of nitrogens with one attached hydrogen (secondary N) is 1. The van der Waals surface area contributed by atoms with E-state index in [2.05, 4.69) is 15.3 Å². The molecule has 0 saturated carbocycles. The maximum Gasteiger partial charge on any atom is 0.251 e. The van der Waals surface area contributed by atoms with Crippen LogP contribution in [0, 0.1) is 0 Å². The highest BCUT2D eigenvalue weighted by Crippen LogP contribution is 2.29. The Morgan fingerprint density at radius 1 is 1.39 bits per heavy atom. The van der Waals surface area contributed by atoms with Crippen LogP contribution in [0.25, 0.3) is 22.6 Å². The number of carbonyl (C=O) groups is 1. The summed E-state index contributed by atoms with van der Waals surface area (Å²) < 4.78 is 10.6. The number of aromatic nitrogens is 2. The predicted octanol–water partition coefficient (Wildman–Crippen LogP) is 2.92. The summed E-state index contributed by atoms with van der Waals surface area (Å²) >= 11 is 6.10. The molecule has 2 aromatic heterocycles. The van der Waals surface area contributed by atoms with Crippen molar-refractivity contribution >= 4 is 28.6 Å². The van der Waals surface area contributed by atoms with Crippen LogP contribution in [0.2, 0.25) is 5.02 Å². The maximum atomic E-state index is 12.0. The molecule has 2 heterocycles. The summed E-state index contributed by atoms with van der Waals surface area (Å²) in [5.74, 6) is 0.208. The first kappa shape index (κ1) is 15.5. The number of hydrogen-bond acceptors (Lipinski definition) is 5. The minimum atomic E-state index is -0.185. The Morgan fingerprint density at radius 3 is 3.04 bits per heavy atom. The fourth-order valence-electron chi connectivity index (χ4n) is 2.10. The second-order valence-corrected chi connectivity index (χ2v) is 5.21. The zero-order chi connectivity index (χ0) is 16.2. The number of nitrogens with zero attached hydrogens (tertiary/aromatic N) is 2. The third-order valence-electron chi connectivity index (χ3n) is 3.24. The van der Waals surface area contributed by atoms with Gasteiger partial charge in [-0.05, 0) is 24.3 Å². The van der Waals surface area contributed by atoms with Gasteiger partial charge in [-0.15, -0.1) is 0 Å². The van der Waals surface area contributed by atoms with Crippen LogP contribution in [0.15, 0.2) is 41.1 Å². The third-order valence-corrected chi connectivity index (χ3v) is 3.55. The van der Waals surface area contributed by atoms with E-state index in [1.165, 1.54) is 6.20 Å². The van der Waals surface area contributed by atoms with Crippen LogP contribution in [0.4, 0.5) is 0 Å². The first-order valence-corrected chi connectivity index (χ1v) is 7.34. The minimum Gasteiger partial charge on any atom is -0.436 e. The summed E-state index contributed by atoms with van der Waals surface area (Å²) in [5, 5.41) is 3.22. The van der Waals surface area contributed by atoms with Gasteiger partial charge in [0.1, 0.15) is 5.52 Å². The van der Waals surface area contributed by atoms with Crippen molar-refractivity contribution in [1.82, 2.24) is 15.3 Å². The number of oxazole rings is 1. The molecule has 0 aliphatic carbocycles. The van der Waals surface area contributed by atoms with Crippen molar-refractivity contribution in [2.75, 3.05) is 20.3 Å². The fraction of sp³-hybridized carbons (Fsp3) is 0.188. The molecular formula is C16H14ClN3O3. The van der Waals surface area contributed by atoms with Gasteiger partial charge in [-0.3, -0.25) is 9.78 Å². The average Bonchev–Trinajstić information content (AvgIpc) is 2.98. The average molecular weight is 332 g/mol. The van der Waals surface area contributed by atoms with E-state index in [9.17, 15) is 4.79 Å². The van der Waals surface area contributed by atoms with Crippen molar-refractivity contribution in [2.45, 2.75) is 0 Å². The van der Waals surface area contributed by atoms with Gasteiger partial charge in [-0.25, -0.2) is 4.98 Å². The summed E-state index contributed by atoms with van der Waals surface area (Å²) in [7, 11) is 1.58. The quantitative estimate of drug-likeness (QED) is 0.727. The number of hydrogen-bond donors (Lipinski definition) is 1. The molecule has 0 radical (unpaired) electrons. The van der Waals surface area contributed by atoms with E-state index in [0.717, 1.165) is 0 Å². The Hall–Kier alpha value is -2.44. The number of benzene rings is 1. The second kappa shape index (κ2) is 6.76. The molecule has 1 N–H and O–H groups in total. The fourth-order valence-corrected chi connectivity index (χ4v) is 2.30. The second-order valence-electron chi connectivity index (χ2n) is 4.81. The van der Waals surface area contributed by atoms with Gasteiger partial charge in [-0.2, -0.15) is 0 Å². The summed E-state index contributed by atoms with van der Waals surface area (Å²) in [4.78, 5) is 20.4. The Morgan fingerprint density at radius 2 is 2.26 bits per heavy atom. The van der Waals surface area contributed by atoms with Crippen LogP contribution in [-0.2, 0) is 4.74 Å². The van der Waals surface area contributed by atoms with Crippen molar-refractivity contribution < 1.29 is 13.9 Å². The molecule has 0 saturated heterocycles. The highest BCUT2D eigenvalue weighted by atomic mass is 35.5. The zero-order valence-electron chi connectivity index (χ0n) is 12.4. The van der Waals surface area contributed by atoms with Gasteiger partial charge >= 0.3 is 0 Å². The highest BCUT2D eigenvalue weighted by Gasteiger charge is 2.13. The first-order chi connectivity index (χ1) is 11.2. The first-order valence-electron chi connectivity index (χ1n) is 6.96. The van der Waals surface area contributed by atoms with Crippen molar-refractivity contribution in [3.8, 4) is 11.5 Å². The normalized spacial score (nSPS) is 10.9. The van der Waals surface area contributed by atoms with Crippen molar-refractivity contribution in [3.05, 3.63) is 47.2 Å². The molecule has 1 amide bonds. The van der Waals surface area contributed by atoms with Gasteiger partial charge in [0.05, 0.1) is 17.2 Å². The maximum absolute atomic E-state index is 12.0. The molecule has 6 nitrogen and oxygen atoms in total. The summed E-state index contributed by atoms with van der Waals surface area (Å²) in [6, 6.07) is 6.81. The van der Waals surface area contributed by atoms with Gasteiger partial charge in [0.15, 0.2) is 5.58 Å². The Kier molecular flexibility index (Phi) is 4.55. The molecule has 0 spiro atoms. The van der Waals surface area contributed by atoms with Crippen LogP contribution >= 0.6 is 11.6 Å². The van der Waals surface area contributed by atoms with Crippen molar-refractivity contribution in [2.24, 2.45) is 0 Å². The molecular weight excluding hydrogens is 318 g/mol. The molecule has 23 heavy (non-hydrogen) atoms. The van der Waals surface area contributed by atoms with Gasteiger partial charge in [0.25, 0.3) is 5.91 Å². The number of methoxy groups -OCH3 is 1. The number of ether oxygens (including phenoxy) is 1. The minimum absolute atomic E-state index is 0.185. The third kappa shape index (κ3) is 3.33. The van der Waals surface area contributed by atoms with Crippen LogP contribution in [0.5, 0.6) is 0 Å². The summed E-state index contributed by atoms with van der Waals surface area (Å²) in [6.45, 7) is 0.909. The molecule has 3 aromatic rings.